The number of anilines is 2. The van der Waals surface area contributed by atoms with Gasteiger partial charge in [0.25, 0.3) is 5.56 Å². The van der Waals surface area contributed by atoms with Crippen LogP contribution in [0.1, 0.15) is 0 Å². The molecule has 2 N–H and O–H groups in total. The number of nitrogens with zero attached hydrogens (tertiary/aromatic N) is 1. The first-order valence-corrected chi connectivity index (χ1v) is 6.36. The SMILES string of the molecule is O=c1[nH]cnc(Nc2ccc(I)cc2Cl)c1Cl. The van der Waals surface area contributed by atoms with Gasteiger partial charge in [0.05, 0.1) is 17.0 Å². The fourth-order valence-corrected chi connectivity index (χ4v) is 2.24. The van der Waals surface area contributed by atoms with E-state index >= 15 is 0 Å². The van der Waals surface area contributed by atoms with E-state index in [0.717, 1.165) is 3.57 Å². The summed E-state index contributed by atoms with van der Waals surface area (Å²) in [6.45, 7) is 0. The smallest absolute Gasteiger partial charge is 0.271 e. The van der Waals surface area contributed by atoms with E-state index in [1.807, 2.05) is 6.07 Å². The zero-order valence-corrected chi connectivity index (χ0v) is 12.0. The second-order valence-corrected chi connectivity index (χ2v) is 5.17. The molecular formula is C10H6Cl2IN3O. The Bertz CT molecular complexity index is 615. The number of H-pyrrole nitrogens is 1. The molecule has 4 nitrogen and oxygen atoms in total. The molecule has 7 heteroatoms. The fraction of sp³-hybridized carbons (Fsp3) is 0. The molecule has 0 fully saturated rings. The minimum Gasteiger partial charge on any atom is -0.338 e. The van der Waals surface area contributed by atoms with Crippen molar-refractivity contribution in [2.75, 3.05) is 5.32 Å². The zero-order valence-electron chi connectivity index (χ0n) is 8.30. The zero-order chi connectivity index (χ0) is 12.4. The lowest BCUT2D eigenvalue weighted by molar-refractivity contribution is 1.12. The molecule has 0 bridgehead atoms. The van der Waals surface area contributed by atoms with Crippen LogP contribution in [0, 0.1) is 3.57 Å². The molecule has 0 saturated carbocycles. The molecular weight excluding hydrogens is 376 g/mol. The Hall–Kier alpha value is -0.790. The molecule has 1 heterocycles. The van der Waals surface area contributed by atoms with Crippen LogP contribution in [0.5, 0.6) is 0 Å². The average molecular weight is 382 g/mol. The first-order chi connectivity index (χ1) is 8.08. The van der Waals surface area contributed by atoms with Crippen molar-refractivity contribution in [2.45, 2.75) is 0 Å². The van der Waals surface area contributed by atoms with Gasteiger partial charge in [0.1, 0.15) is 5.02 Å². The van der Waals surface area contributed by atoms with Crippen molar-refractivity contribution >= 4 is 57.3 Å². The summed E-state index contributed by atoms with van der Waals surface area (Å²) in [5.74, 6) is 0.276. The van der Waals surface area contributed by atoms with Gasteiger partial charge >= 0.3 is 0 Å². The first-order valence-electron chi connectivity index (χ1n) is 4.53. The highest BCUT2D eigenvalue weighted by Gasteiger charge is 2.08. The van der Waals surface area contributed by atoms with Gasteiger partial charge in [-0.2, -0.15) is 0 Å². The maximum Gasteiger partial charge on any atom is 0.271 e. The number of halogens is 3. The molecule has 2 rings (SSSR count). The quantitative estimate of drug-likeness (QED) is 0.783. The largest absolute Gasteiger partial charge is 0.338 e. The van der Waals surface area contributed by atoms with Crippen molar-refractivity contribution in [3.8, 4) is 0 Å². The average Bonchev–Trinajstić information content (AvgIpc) is 2.28. The van der Waals surface area contributed by atoms with E-state index in [-0.39, 0.29) is 10.8 Å². The van der Waals surface area contributed by atoms with Crippen molar-refractivity contribution < 1.29 is 0 Å². The summed E-state index contributed by atoms with van der Waals surface area (Å²) in [6, 6.07) is 5.48. The third-order valence-corrected chi connectivity index (χ3v) is 3.32. The van der Waals surface area contributed by atoms with Crippen LogP contribution in [-0.4, -0.2) is 9.97 Å². The van der Waals surface area contributed by atoms with E-state index in [1.165, 1.54) is 6.33 Å². The topological polar surface area (TPSA) is 57.8 Å². The standard InChI is InChI=1S/C10H6Cl2IN3O/c11-6-3-5(13)1-2-7(6)16-9-8(12)10(17)15-4-14-9/h1-4H,(H2,14,15,16,17). The van der Waals surface area contributed by atoms with Crippen molar-refractivity contribution in [3.63, 3.8) is 0 Å². The predicted molar refractivity (Wildman–Crippen MR) is 77.3 cm³/mol. The Morgan fingerprint density at radius 3 is 2.82 bits per heavy atom. The van der Waals surface area contributed by atoms with Crippen LogP contribution in [0.2, 0.25) is 10.0 Å². The summed E-state index contributed by atoms with van der Waals surface area (Å²) in [5.41, 5.74) is 0.248. The normalized spacial score (nSPS) is 10.3. The van der Waals surface area contributed by atoms with Gasteiger partial charge in [0, 0.05) is 3.57 Å². The van der Waals surface area contributed by atoms with E-state index < -0.39 is 5.56 Å². The van der Waals surface area contributed by atoms with Gasteiger partial charge in [-0.15, -0.1) is 0 Å². The number of rotatable bonds is 2. The third-order valence-electron chi connectivity index (χ3n) is 1.98. The Morgan fingerprint density at radius 2 is 2.12 bits per heavy atom. The summed E-state index contributed by atoms with van der Waals surface area (Å²) in [5, 5.41) is 3.45. The molecule has 1 aromatic carbocycles. The molecule has 0 saturated heterocycles. The number of benzene rings is 1. The molecule has 0 atom stereocenters. The molecule has 0 aliphatic carbocycles. The van der Waals surface area contributed by atoms with E-state index in [1.54, 1.807) is 12.1 Å². The molecule has 0 aliphatic rings. The number of hydrogen-bond donors (Lipinski definition) is 2. The van der Waals surface area contributed by atoms with Crippen LogP contribution in [0.25, 0.3) is 0 Å². The molecule has 0 amide bonds. The summed E-state index contributed by atoms with van der Waals surface area (Å²) in [7, 11) is 0. The van der Waals surface area contributed by atoms with Crippen LogP contribution < -0.4 is 10.9 Å². The molecule has 1 aromatic heterocycles. The number of nitrogens with one attached hydrogen (secondary N) is 2. The van der Waals surface area contributed by atoms with Crippen LogP contribution in [0.3, 0.4) is 0 Å². The van der Waals surface area contributed by atoms with E-state index in [0.29, 0.717) is 10.7 Å². The van der Waals surface area contributed by atoms with Gasteiger partial charge in [-0.1, -0.05) is 23.2 Å². The van der Waals surface area contributed by atoms with Gasteiger partial charge in [0.15, 0.2) is 5.82 Å². The first kappa shape index (κ1) is 12.7. The van der Waals surface area contributed by atoms with Gasteiger partial charge in [-0.3, -0.25) is 4.79 Å². The Kier molecular flexibility index (Phi) is 3.90. The molecule has 88 valence electrons. The van der Waals surface area contributed by atoms with Crippen molar-refractivity contribution in [2.24, 2.45) is 0 Å². The molecule has 0 spiro atoms. The van der Waals surface area contributed by atoms with Gasteiger partial charge in [0.2, 0.25) is 0 Å². The lowest BCUT2D eigenvalue weighted by Gasteiger charge is -2.08. The lowest BCUT2D eigenvalue weighted by atomic mass is 10.3. The van der Waals surface area contributed by atoms with Crippen LogP contribution in [0.4, 0.5) is 11.5 Å². The highest BCUT2D eigenvalue weighted by atomic mass is 127. The summed E-state index contributed by atoms with van der Waals surface area (Å²) >= 11 is 14.0. The Labute approximate surface area is 121 Å². The fourth-order valence-electron chi connectivity index (χ4n) is 1.19. The summed E-state index contributed by atoms with van der Waals surface area (Å²) in [6.07, 6.45) is 1.27. The number of hydrogen-bond acceptors (Lipinski definition) is 3. The lowest BCUT2D eigenvalue weighted by Crippen LogP contribution is -2.09. The second kappa shape index (κ2) is 5.24. The van der Waals surface area contributed by atoms with Gasteiger partial charge in [-0.05, 0) is 40.8 Å². The number of aromatic nitrogens is 2. The molecule has 2 aromatic rings. The van der Waals surface area contributed by atoms with Crippen LogP contribution in [0.15, 0.2) is 29.3 Å². The van der Waals surface area contributed by atoms with E-state index in [2.05, 4.69) is 37.9 Å². The maximum absolute atomic E-state index is 11.3. The Morgan fingerprint density at radius 1 is 1.35 bits per heavy atom. The van der Waals surface area contributed by atoms with Crippen molar-refractivity contribution in [1.29, 1.82) is 0 Å². The third kappa shape index (κ3) is 2.91. The van der Waals surface area contributed by atoms with Crippen molar-refractivity contribution in [1.82, 2.24) is 9.97 Å². The van der Waals surface area contributed by atoms with Gasteiger partial charge in [-0.25, -0.2) is 4.98 Å². The minimum atomic E-state index is -0.397. The van der Waals surface area contributed by atoms with Crippen LogP contribution >= 0.6 is 45.8 Å². The highest BCUT2D eigenvalue weighted by Crippen LogP contribution is 2.27. The summed E-state index contributed by atoms with van der Waals surface area (Å²) < 4.78 is 1.02. The van der Waals surface area contributed by atoms with E-state index in [9.17, 15) is 4.79 Å². The molecule has 0 aliphatic heterocycles. The van der Waals surface area contributed by atoms with Crippen molar-refractivity contribution in [3.05, 3.63) is 48.5 Å². The second-order valence-electron chi connectivity index (χ2n) is 3.14. The highest BCUT2D eigenvalue weighted by molar-refractivity contribution is 14.1. The number of aromatic amines is 1. The van der Waals surface area contributed by atoms with E-state index in [4.69, 9.17) is 23.2 Å². The minimum absolute atomic E-state index is 0.00196. The monoisotopic (exact) mass is 381 g/mol. The molecule has 0 radical (unpaired) electrons. The molecule has 17 heavy (non-hydrogen) atoms. The maximum atomic E-state index is 11.3. The predicted octanol–water partition coefficient (Wildman–Crippen LogP) is 3.42. The van der Waals surface area contributed by atoms with Crippen LogP contribution in [-0.2, 0) is 0 Å². The Balaban J connectivity index is 2.38. The summed E-state index contributed by atoms with van der Waals surface area (Å²) in [4.78, 5) is 17.6. The molecule has 0 unspecified atom stereocenters. The van der Waals surface area contributed by atoms with Gasteiger partial charge < -0.3 is 10.3 Å².